The minimum Gasteiger partial charge on any atom is -0.481 e. The van der Waals surface area contributed by atoms with Crippen LogP contribution in [0.15, 0.2) is 0 Å². The second-order valence-electron chi connectivity index (χ2n) is 0.964. The molecule has 1 radical (unpaired) electrons. The van der Waals surface area contributed by atoms with Gasteiger partial charge in [-0.3, -0.25) is 9.59 Å². The van der Waals surface area contributed by atoms with E-state index in [9.17, 15) is 9.59 Å². The Morgan fingerprint density at radius 1 is 1.12 bits per heavy atom. The van der Waals surface area contributed by atoms with Gasteiger partial charge in [-0.2, -0.15) is 0 Å². The fourth-order valence-electron chi connectivity index (χ4n) is 0.129. The van der Waals surface area contributed by atoms with Crippen LogP contribution in [0, 0.1) is 0 Å². The Kier molecular flexibility index (Phi) is 6.41. The number of hydrogen-bond acceptors (Lipinski definition) is 2. The van der Waals surface area contributed by atoms with E-state index >= 15 is 0 Å². The molecule has 8 heavy (non-hydrogen) atoms. The van der Waals surface area contributed by atoms with Crippen LogP contribution in [0.1, 0.15) is 6.42 Å². The molecule has 0 saturated heterocycles. The third-order valence-corrected chi connectivity index (χ3v) is 0.302. The van der Waals surface area contributed by atoms with Crippen molar-refractivity contribution in [2.45, 2.75) is 6.42 Å². The van der Waals surface area contributed by atoms with Crippen molar-refractivity contribution in [3.63, 3.8) is 0 Å². The van der Waals surface area contributed by atoms with Gasteiger partial charge in [-0.05, 0) is 0 Å². The maximum atomic E-state index is 9.43. The zero-order valence-corrected chi connectivity index (χ0v) is 5.20. The average molecular weight is 212 g/mol. The van der Waals surface area contributed by atoms with Crippen molar-refractivity contribution < 1.29 is 42.2 Å². The van der Waals surface area contributed by atoms with Crippen LogP contribution in [0.4, 0.5) is 0 Å². The quantitative estimate of drug-likeness (QED) is 0.479. The zero-order valence-electron chi connectivity index (χ0n) is 3.72. The van der Waals surface area contributed by atoms with E-state index in [0.717, 1.165) is 0 Å². The van der Waals surface area contributed by atoms with Gasteiger partial charge in [-0.15, -0.1) is 0 Å². The van der Waals surface area contributed by atoms with Gasteiger partial charge in [0.05, 0.1) is 0 Å². The third kappa shape index (κ3) is 9.19. The predicted octanol–water partition coefficient (Wildman–Crippen LogP) is -0.457. The first-order chi connectivity index (χ1) is 3.13. The van der Waals surface area contributed by atoms with E-state index in [1.165, 1.54) is 0 Å². The summed E-state index contributed by atoms with van der Waals surface area (Å²) in [6, 6.07) is 0. The van der Waals surface area contributed by atoms with Crippen LogP contribution >= 0.6 is 0 Å². The number of carboxylic acids is 2. The van der Waals surface area contributed by atoms with E-state index in [4.69, 9.17) is 10.2 Å². The van der Waals surface area contributed by atoms with E-state index in [-0.39, 0.29) is 22.4 Å². The number of rotatable bonds is 2. The Morgan fingerprint density at radius 3 is 1.38 bits per heavy atom. The van der Waals surface area contributed by atoms with E-state index < -0.39 is 18.4 Å². The van der Waals surface area contributed by atoms with Crippen LogP contribution in [0.5, 0.6) is 0 Å². The molecule has 0 fully saturated rings. The molecule has 51 valence electrons. The molecule has 0 amide bonds. The van der Waals surface area contributed by atoms with Crippen LogP contribution in [-0.2, 0) is 32.0 Å². The molecule has 0 aliphatic carbocycles. The van der Waals surface area contributed by atoms with Crippen molar-refractivity contribution >= 4 is 11.9 Å². The smallest absolute Gasteiger partial charge is 0.314 e. The van der Waals surface area contributed by atoms with Gasteiger partial charge in [-0.25, -0.2) is 0 Å². The molecule has 0 atom stereocenters. The summed E-state index contributed by atoms with van der Waals surface area (Å²) >= 11 is 0. The Hall–Kier alpha value is -0.320. The minimum absolute atomic E-state index is 0. The molecule has 0 spiro atoms. The molecule has 0 rings (SSSR count). The first kappa shape index (κ1) is 10.6. The van der Waals surface area contributed by atoms with E-state index in [1.54, 1.807) is 0 Å². The Labute approximate surface area is 61.0 Å². The Balaban J connectivity index is 0. The summed E-state index contributed by atoms with van der Waals surface area (Å²) < 4.78 is 0. The van der Waals surface area contributed by atoms with Gasteiger partial charge in [0.2, 0.25) is 0 Å². The van der Waals surface area contributed by atoms with Crippen LogP contribution in [0.25, 0.3) is 0 Å². The molecule has 0 bridgehead atoms. The Morgan fingerprint density at radius 2 is 1.38 bits per heavy atom. The summed E-state index contributed by atoms with van der Waals surface area (Å²) in [4.78, 5) is 18.9. The van der Waals surface area contributed by atoms with Gasteiger partial charge in [0.15, 0.2) is 0 Å². The van der Waals surface area contributed by atoms with Crippen molar-refractivity contribution in [3.05, 3.63) is 0 Å². The monoisotopic (exact) mass is 211 g/mol. The molecule has 4 nitrogen and oxygen atoms in total. The number of aliphatic carboxylic acids is 2. The predicted molar refractivity (Wildman–Crippen MR) is 19.9 cm³/mol. The standard InChI is InChI=1S/C3H4O4.Ag/c4-2(5)1-3(6)7;/h1H2,(H,4,5)(H,6,7);. The zero-order chi connectivity index (χ0) is 5.86. The first-order valence-corrected chi connectivity index (χ1v) is 1.56. The minimum atomic E-state index is -1.31. The maximum absolute atomic E-state index is 9.43. The van der Waals surface area contributed by atoms with E-state index in [1.807, 2.05) is 0 Å². The van der Waals surface area contributed by atoms with Crippen LogP contribution in [0.3, 0.4) is 0 Å². The molecule has 5 heteroatoms. The summed E-state index contributed by atoms with van der Waals surface area (Å²) in [6.45, 7) is 0. The molecule has 0 aromatic rings. The van der Waals surface area contributed by atoms with Crippen LogP contribution in [-0.4, -0.2) is 22.2 Å². The van der Waals surface area contributed by atoms with Gasteiger partial charge in [0.25, 0.3) is 0 Å². The topological polar surface area (TPSA) is 74.6 Å². The van der Waals surface area contributed by atoms with Crippen molar-refractivity contribution in [3.8, 4) is 0 Å². The van der Waals surface area contributed by atoms with Gasteiger partial charge < -0.3 is 10.2 Å². The average Bonchev–Trinajstić information content (AvgIpc) is 1.27. The molecule has 0 unspecified atom stereocenters. The van der Waals surface area contributed by atoms with Gasteiger partial charge >= 0.3 is 11.9 Å². The van der Waals surface area contributed by atoms with Crippen molar-refractivity contribution in [2.75, 3.05) is 0 Å². The fraction of sp³-hybridized carbons (Fsp3) is 0.333. The van der Waals surface area contributed by atoms with E-state index in [0.29, 0.717) is 0 Å². The summed E-state index contributed by atoms with van der Waals surface area (Å²) in [7, 11) is 0. The third-order valence-electron chi connectivity index (χ3n) is 0.302. The molecule has 0 heterocycles. The molecule has 0 aliphatic heterocycles. The van der Waals surface area contributed by atoms with Crippen LogP contribution in [0.2, 0.25) is 0 Å². The summed E-state index contributed by atoms with van der Waals surface area (Å²) in [5, 5.41) is 15.4. The molecule has 0 aromatic carbocycles. The fourth-order valence-corrected chi connectivity index (χ4v) is 0.129. The van der Waals surface area contributed by atoms with Crippen molar-refractivity contribution in [2.24, 2.45) is 0 Å². The summed E-state index contributed by atoms with van der Waals surface area (Å²) in [6.07, 6.45) is -0.806. The molecule has 0 aliphatic rings. The molecule has 0 saturated carbocycles. The summed E-state index contributed by atoms with van der Waals surface area (Å²) in [5.41, 5.74) is 0. The van der Waals surface area contributed by atoms with Crippen molar-refractivity contribution in [1.29, 1.82) is 0 Å². The summed E-state index contributed by atoms with van der Waals surface area (Å²) in [5.74, 6) is -2.62. The molecular weight excluding hydrogens is 208 g/mol. The number of carbonyl (C=O) groups is 2. The molecule has 2 N–H and O–H groups in total. The number of hydrogen-bond donors (Lipinski definition) is 2. The first-order valence-electron chi connectivity index (χ1n) is 1.56. The second kappa shape index (κ2) is 4.83. The van der Waals surface area contributed by atoms with Crippen molar-refractivity contribution in [1.82, 2.24) is 0 Å². The van der Waals surface area contributed by atoms with Gasteiger partial charge in [0, 0.05) is 22.4 Å². The Bertz CT molecular complexity index is 87.5. The largest absolute Gasteiger partial charge is 0.481 e. The van der Waals surface area contributed by atoms with E-state index in [2.05, 4.69) is 0 Å². The molecule has 0 aromatic heterocycles. The molecular formula is C3H4AgO4. The normalized spacial score (nSPS) is 7.00. The van der Waals surface area contributed by atoms with Gasteiger partial charge in [0.1, 0.15) is 6.42 Å². The SMILES string of the molecule is O=C(O)CC(=O)O.[Ag]. The van der Waals surface area contributed by atoms with Gasteiger partial charge in [-0.1, -0.05) is 0 Å². The maximum Gasteiger partial charge on any atom is 0.314 e. The second-order valence-corrected chi connectivity index (χ2v) is 0.964. The van der Waals surface area contributed by atoms with Crippen LogP contribution < -0.4 is 0 Å². The number of carboxylic acid groups (broad SMARTS) is 2.